The van der Waals surface area contributed by atoms with E-state index in [2.05, 4.69) is 0 Å². The summed E-state index contributed by atoms with van der Waals surface area (Å²) in [6, 6.07) is 2.44. The Morgan fingerprint density at radius 1 is 1.50 bits per heavy atom. The summed E-state index contributed by atoms with van der Waals surface area (Å²) in [6.45, 7) is 0.440. The lowest BCUT2D eigenvalue weighted by molar-refractivity contribution is 0.0692. The van der Waals surface area contributed by atoms with Crippen LogP contribution in [0.5, 0.6) is 5.75 Å². The molecule has 0 amide bonds. The predicted molar refractivity (Wildman–Crippen MR) is 65.2 cm³/mol. The van der Waals surface area contributed by atoms with Gasteiger partial charge in [-0.15, -0.1) is 0 Å². The molecule has 5 heteroatoms. The minimum atomic E-state index is -1.27. The molecule has 1 fully saturated rings. The third-order valence-corrected chi connectivity index (χ3v) is 3.38. The fraction of sp³-hybridized carbons (Fsp3) is 0.462. The first-order chi connectivity index (χ1) is 8.59. The van der Waals surface area contributed by atoms with Gasteiger partial charge in [0.15, 0.2) is 0 Å². The van der Waals surface area contributed by atoms with Gasteiger partial charge >= 0.3 is 5.97 Å². The smallest absolute Gasteiger partial charge is 0.341 e. The molecule has 0 bridgehead atoms. The molecule has 1 saturated carbocycles. The Morgan fingerprint density at radius 3 is 2.78 bits per heavy atom. The lowest BCUT2D eigenvalue weighted by atomic mass is 9.83. The molecule has 1 aromatic rings. The average molecular weight is 253 g/mol. The number of nitrogens with two attached hydrogens (primary N) is 1. The first kappa shape index (κ1) is 12.7. The Balaban J connectivity index is 2.06. The van der Waals surface area contributed by atoms with Gasteiger partial charge in [0.25, 0.3) is 0 Å². The standard InChI is InChI=1S/C13H16FNO3/c14-9-4-5-10(11(12(9)15)13(16)17)18-7-6-8-2-1-3-8/h4-5,8H,1-3,6-7,15H2,(H,16,17). The van der Waals surface area contributed by atoms with Crippen molar-refractivity contribution < 1.29 is 19.0 Å². The number of hydrogen-bond acceptors (Lipinski definition) is 3. The number of carbonyl (C=O) groups is 1. The largest absolute Gasteiger partial charge is 0.493 e. The Bertz CT molecular complexity index is 458. The van der Waals surface area contributed by atoms with E-state index in [4.69, 9.17) is 15.6 Å². The van der Waals surface area contributed by atoms with E-state index in [0.717, 1.165) is 12.5 Å². The van der Waals surface area contributed by atoms with E-state index in [1.165, 1.54) is 25.3 Å². The predicted octanol–water partition coefficient (Wildman–Crippen LogP) is 2.68. The molecule has 1 aliphatic rings. The van der Waals surface area contributed by atoms with Crippen molar-refractivity contribution in [2.45, 2.75) is 25.7 Å². The van der Waals surface area contributed by atoms with Crippen LogP contribution >= 0.6 is 0 Å². The minimum absolute atomic E-state index is 0.140. The maximum Gasteiger partial charge on any atom is 0.341 e. The molecule has 4 nitrogen and oxygen atoms in total. The number of carboxylic acids is 1. The summed E-state index contributed by atoms with van der Waals surface area (Å²) in [5, 5.41) is 9.01. The van der Waals surface area contributed by atoms with E-state index >= 15 is 0 Å². The van der Waals surface area contributed by atoms with E-state index in [1.54, 1.807) is 0 Å². The molecule has 0 spiro atoms. The van der Waals surface area contributed by atoms with Crippen molar-refractivity contribution in [3.05, 3.63) is 23.5 Å². The number of hydrogen-bond donors (Lipinski definition) is 2. The molecule has 0 radical (unpaired) electrons. The highest BCUT2D eigenvalue weighted by Crippen LogP contribution is 2.31. The zero-order valence-electron chi connectivity index (χ0n) is 9.99. The summed E-state index contributed by atoms with van der Waals surface area (Å²) in [6.07, 6.45) is 4.58. The second kappa shape index (κ2) is 5.25. The normalized spacial score (nSPS) is 15.2. The number of ether oxygens (including phenoxy) is 1. The number of aromatic carboxylic acids is 1. The molecule has 0 atom stereocenters. The van der Waals surface area contributed by atoms with Crippen LogP contribution in [0.1, 0.15) is 36.0 Å². The Hall–Kier alpha value is -1.78. The maximum atomic E-state index is 13.2. The van der Waals surface area contributed by atoms with Gasteiger partial charge in [0.05, 0.1) is 12.3 Å². The first-order valence-corrected chi connectivity index (χ1v) is 6.03. The lowest BCUT2D eigenvalue weighted by Crippen LogP contribution is -2.15. The fourth-order valence-corrected chi connectivity index (χ4v) is 2.03. The molecule has 0 aromatic heterocycles. The highest BCUT2D eigenvalue weighted by molar-refractivity contribution is 5.96. The first-order valence-electron chi connectivity index (χ1n) is 6.03. The van der Waals surface area contributed by atoms with Crippen LogP contribution in [0.4, 0.5) is 10.1 Å². The summed E-state index contributed by atoms with van der Waals surface area (Å²) in [5.74, 6) is -1.19. The summed E-state index contributed by atoms with van der Waals surface area (Å²) in [4.78, 5) is 11.0. The van der Waals surface area contributed by atoms with Gasteiger partial charge in [0.2, 0.25) is 0 Å². The van der Waals surface area contributed by atoms with Gasteiger partial charge in [0, 0.05) is 0 Å². The van der Waals surface area contributed by atoms with Gasteiger partial charge in [-0.3, -0.25) is 0 Å². The van der Waals surface area contributed by atoms with Crippen LogP contribution in [-0.2, 0) is 0 Å². The van der Waals surface area contributed by atoms with Gasteiger partial charge < -0.3 is 15.6 Å². The highest BCUT2D eigenvalue weighted by atomic mass is 19.1. The molecule has 98 valence electrons. The van der Waals surface area contributed by atoms with Crippen LogP contribution in [-0.4, -0.2) is 17.7 Å². The SMILES string of the molecule is Nc1c(F)ccc(OCCC2CCC2)c1C(=O)O. The number of halogens is 1. The van der Waals surface area contributed by atoms with Crippen molar-refractivity contribution in [3.8, 4) is 5.75 Å². The van der Waals surface area contributed by atoms with Crippen molar-refractivity contribution in [2.24, 2.45) is 5.92 Å². The number of benzene rings is 1. The zero-order valence-corrected chi connectivity index (χ0v) is 9.99. The van der Waals surface area contributed by atoms with E-state index in [9.17, 15) is 9.18 Å². The van der Waals surface area contributed by atoms with Crippen LogP contribution < -0.4 is 10.5 Å². The van der Waals surface area contributed by atoms with Crippen LogP contribution in [0.2, 0.25) is 0 Å². The second-order valence-electron chi connectivity index (χ2n) is 4.57. The Labute approximate surface area is 105 Å². The fourth-order valence-electron chi connectivity index (χ4n) is 2.03. The molecule has 0 aliphatic heterocycles. The molecule has 18 heavy (non-hydrogen) atoms. The quantitative estimate of drug-likeness (QED) is 0.791. The molecular weight excluding hydrogens is 237 g/mol. The monoisotopic (exact) mass is 253 g/mol. The summed E-state index contributed by atoms with van der Waals surface area (Å²) in [7, 11) is 0. The van der Waals surface area contributed by atoms with Gasteiger partial charge in [-0.2, -0.15) is 0 Å². The minimum Gasteiger partial charge on any atom is -0.493 e. The Morgan fingerprint density at radius 2 is 2.22 bits per heavy atom. The molecule has 2 rings (SSSR count). The van der Waals surface area contributed by atoms with Crippen LogP contribution in [0.3, 0.4) is 0 Å². The van der Waals surface area contributed by atoms with Crippen molar-refractivity contribution in [2.75, 3.05) is 12.3 Å². The van der Waals surface area contributed by atoms with Crippen LogP contribution in [0.25, 0.3) is 0 Å². The molecule has 0 heterocycles. The van der Waals surface area contributed by atoms with Crippen LogP contribution in [0.15, 0.2) is 12.1 Å². The summed E-state index contributed by atoms with van der Waals surface area (Å²) < 4.78 is 18.6. The molecule has 1 aromatic carbocycles. The van der Waals surface area contributed by atoms with Gasteiger partial charge in [-0.05, 0) is 24.5 Å². The van der Waals surface area contributed by atoms with Crippen molar-refractivity contribution in [3.63, 3.8) is 0 Å². The van der Waals surface area contributed by atoms with E-state index in [0.29, 0.717) is 12.5 Å². The summed E-state index contributed by atoms with van der Waals surface area (Å²) in [5.41, 5.74) is 4.76. The summed E-state index contributed by atoms with van der Waals surface area (Å²) >= 11 is 0. The van der Waals surface area contributed by atoms with Gasteiger partial charge in [-0.25, -0.2) is 9.18 Å². The van der Waals surface area contributed by atoms with Crippen molar-refractivity contribution in [1.29, 1.82) is 0 Å². The molecule has 0 unspecified atom stereocenters. The topological polar surface area (TPSA) is 72.5 Å². The van der Waals surface area contributed by atoms with Gasteiger partial charge in [-0.1, -0.05) is 19.3 Å². The average Bonchev–Trinajstić information content (AvgIpc) is 2.26. The molecule has 1 aliphatic carbocycles. The second-order valence-corrected chi connectivity index (χ2v) is 4.57. The van der Waals surface area contributed by atoms with E-state index in [1.807, 2.05) is 0 Å². The number of anilines is 1. The molecule has 0 saturated heterocycles. The van der Waals surface area contributed by atoms with E-state index < -0.39 is 11.8 Å². The van der Waals surface area contributed by atoms with Crippen molar-refractivity contribution >= 4 is 11.7 Å². The third kappa shape index (κ3) is 2.55. The van der Waals surface area contributed by atoms with Crippen molar-refractivity contribution in [1.82, 2.24) is 0 Å². The maximum absolute atomic E-state index is 13.2. The number of rotatable bonds is 5. The number of carboxylic acid groups (broad SMARTS) is 1. The molecule has 3 N–H and O–H groups in total. The van der Waals surface area contributed by atoms with Gasteiger partial charge in [0.1, 0.15) is 17.1 Å². The highest BCUT2D eigenvalue weighted by Gasteiger charge is 2.20. The third-order valence-electron chi connectivity index (χ3n) is 3.38. The van der Waals surface area contributed by atoms with Crippen LogP contribution in [0, 0.1) is 11.7 Å². The lowest BCUT2D eigenvalue weighted by Gasteiger charge is -2.25. The molecular formula is C13H16FNO3. The zero-order chi connectivity index (χ0) is 13.1. The number of nitrogen functional groups attached to an aromatic ring is 1. The van der Waals surface area contributed by atoms with E-state index in [-0.39, 0.29) is 17.0 Å². The Kier molecular flexibility index (Phi) is 3.69.